The van der Waals surface area contributed by atoms with E-state index >= 15 is 0 Å². The van der Waals surface area contributed by atoms with Crippen molar-refractivity contribution in [1.82, 2.24) is 14.5 Å². The minimum Gasteiger partial charge on any atom is -0.375 e. The summed E-state index contributed by atoms with van der Waals surface area (Å²) in [6.07, 6.45) is 6.52. The summed E-state index contributed by atoms with van der Waals surface area (Å²) in [6.45, 7) is 1.51. The van der Waals surface area contributed by atoms with Gasteiger partial charge in [0.2, 0.25) is 0 Å². The van der Waals surface area contributed by atoms with Crippen LogP contribution < -0.4 is 5.56 Å². The Balaban J connectivity index is 1.52. The summed E-state index contributed by atoms with van der Waals surface area (Å²) in [5, 5.41) is 0.649. The van der Waals surface area contributed by atoms with Crippen molar-refractivity contribution in [3.8, 4) is 11.8 Å². The molecule has 0 saturated carbocycles. The smallest absolute Gasteiger partial charge is 0.261 e. The molecule has 4 heterocycles. The molecular formula is C23H21N3O2. The van der Waals surface area contributed by atoms with Crippen LogP contribution in [0.5, 0.6) is 0 Å². The van der Waals surface area contributed by atoms with E-state index in [1.807, 2.05) is 41.0 Å². The van der Waals surface area contributed by atoms with Crippen molar-refractivity contribution in [1.29, 1.82) is 0 Å². The molecule has 0 bridgehead atoms. The van der Waals surface area contributed by atoms with Crippen molar-refractivity contribution >= 4 is 10.9 Å². The van der Waals surface area contributed by atoms with Crippen LogP contribution in [-0.4, -0.2) is 26.7 Å². The monoisotopic (exact) mass is 371 g/mol. The van der Waals surface area contributed by atoms with Crippen LogP contribution in [0.3, 0.4) is 0 Å². The van der Waals surface area contributed by atoms with Crippen molar-refractivity contribution in [3.63, 3.8) is 0 Å². The first-order chi connectivity index (χ1) is 13.7. The molecular weight excluding hydrogens is 350 g/mol. The minimum absolute atomic E-state index is 0.0410. The number of nitrogens with zero attached hydrogens (tertiary/aromatic N) is 3. The molecule has 1 atom stereocenters. The van der Waals surface area contributed by atoms with Gasteiger partial charge in [0.25, 0.3) is 5.56 Å². The molecule has 2 aliphatic heterocycles. The van der Waals surface area contributed by atoms with Crippen LogP contribution in [0.1, 0.15) is 42.8 Å². The Morgan fingerprint density at radius 2 is 2.07 bits per heavy atom. The highest BCUT2D eigenvalue weighted by Gasteiger charge is 2.37. The first-order valence-corrected chi connectivity index (χ1v) is 9.83. The van der Waals surface area contributed by atoms with Crippen LogP contribution in [0, 0.1) is 11.8 Å². The highest BCUT2D eigenvalue weighted by Crippen LogP contribution is 2.35. The normalized spacial score (nSPS) is 21.1. The summed E-state index contributed by atoms with van der Waals surface area (Å²) in [6, 6.07) is 11.3. The number of ether oxygens (including phenoxy) is 1. The van der Waals surface area contributed by atoms with Gasteiger partial charge < -0.3 is 4.74 Å². The fraction of sp³-hybridized carbons (Fsp3) is 0.348. The van der Waals surface area contributed by atoms with Crippen LogP contribution in [0.25, 0.3) is 10.9 Å². The van der Waals surface area contributed by atoms with Crippen LogP contribution >= 0.6 is 0 Å². The van der Waals surface area contributed by atoms with Gasteiger partial charge in [-0.05, 0) is 61.9 Å². The van der Waals surface area contributed by atoms with E-state index in [4.69, 9.17) is 9.72 Å². The Morgan fingerprint density at radius 3 is 2.89 bits per heavy atom. The van der Waals surface area contributed by atoms with E-state index in [0.29, 0.717) is 17.4 Å². The van der Waals surface area contributed by atoms with Gasteiger partial charge in [-0.3, -0.25) is 9.36 Å². The van der Waals surface area contributed by atoms with Gasteiger partial charge in [0.1, 0.15) is 11.5 Å². The van der Waals surface area contributed by atoms with Crippen LogP contribution in [0.4, 0.5) is 0 Å². The maximum Gasteiger partial charge on any atom is 0.261 e. The van der Waals surface area contributed by atoms with Gasteiger partial charge in [-0.25, -0.2) is 9.97 Å². The van der Waals surface area contributed by atoms with Crippen molar-refractivity contribution < 1.29 is 4.74 Å². The average molecular weight is 371 g/mol. The SMILES string of the molecule is O=c1c2ccc(C#Cc3ccccn3)cc2nc2n1CCC1(CCCO1)CC2. The first kappa shape index (κ1) is 17.2. The number of aryl methyl sites for hydroxylation is 1. The number of hydrogen-bond acceptors (Lipinski definition) is 4. The summed E-state index contributed by atoms with van der Waals surface area (Å²) in [5.41, 5.74) is 2.25. The summed E-state index contributed by atoms with van der Waals surface area (Å²) in [5.74, 6) is 7.04. The second kappa shape index (κ2) is 6.88. The van der Waals surface area contributed by atoms with Crippen molar-refractivity contribution in [2.45, 2.75) is 44.2 Å². The molecule has 1 fully saturated rings. The Morgan fingerprint density at radius 1 is 1.11 bits per heavy atom. The highest BCUT2D eigenvalue weighted by atomic mass is 16.5. The lowest BCUT2D eigenvalue weighted by molar-refractivity contribution is -0.00907. The van der Waals surface area contributed by atoms with Gasteiger partial charge in [0.05, 0.1) is 16.5 Å². The van der Waals surface area contributed by atoms with Crippen LogP contribution in [0.15, 0.2) is 47.4 Å². The lowest BCUT2D eigenvalue weighted by Gasteiger charge is -2.25. The number of rotatable bonds is 0. The van der Waals surface area contributed by atoms with E-state index in [2.05, 4.69) is 16.8 Å². The predicted octanol–water partition coefficient (Wildman–Crippen LogP) is 3.08. The second-order valence-corrected chi connectivity index (χ2v) is 7.57. The molecule has 0 aliphatic carbocycles. The fourth-order valence-corrected chi connectivity index (χ4v) is 4.27. The molecule has 3 aromatic rings. The van der Waals surface area contributed by atoms with Gasteiger partial charge in [-0.2, -0.15) is 0 Å². The van der Waals surface area contributed by atoms with E-state index < -0.39 is 0 Å². The molecule has 5 nitrogen and oxygen atoms in total. The molecule has 2 aliphatic rings. The lowest BCUT2D eigenvalue weighted by Crippen LogP contribution is -2.29. The van der Waals surface area contributed by atoms with E-state index in [1.165, 1.54) is 0 Å². The maximum absolute atomic E-state index is 13.1. The van der Waals surface area contributed by atoms with Gasteiger partial charge in [-0.15, -0.1) is 0 Å². The average Bonchev–Trinajstić information content (AvgIpc) is 3.11. The van der Waals surface area contributed by atoms with Crippen LogP contribution in [-0.2, 0) is 17.7 Å². The van der Waals surface area contributed by atoms with E-state index in [-0.39, 0.29) is 11.2 Å². The van der Waals surface area contributed by atoms with Crippen LogP contribution in [0.2, 0.25) is 0 Å². The molecule has 1 aromatic carbocycles. The Labute approximate surface area is 163 Å². The molecule has 2 aromatic heterocycles. The third kappa shape index (κ3) is 3.10. The Bertz CT molecular complexity index is 1150. The molecule has 5 rings (SSSR count). The molecule has 5 heteroatoms. The molecule has 140 valence electrons. The van der Waals surface area contributed by atoms with E-state index in [1.54, 1.807) is 6.20 Å². The first-order valence-electron chi connectivity index (χ1n) is 9.83. The largest absolute Gasteiger partial charge is 0.375 e. The van der Waals surface area contributed by atoms with E-state index in [9.17, 15) is 4.79 Å². The minimum atomic E-state index is -0.0638. The standard InChI is InChI=1S/C23H21N3O2/c27-22-19-8-6-17(5-7-18-4-1-2-13-24-18)16-20(19)25-21-9-11-23(10-3-15-28-23)12-14-26(21)22/h1-2,4,6,8,13,16H,3,9-12,14-15H2. The molecule has 0 amide bonds. The van der Waals surface area contributed by atoms with Crippen molar-refractivity contribution in [2.24, 2.45) is 0 Å². The lowest BCUT2D eigenvalue weighted by atomic mass is 9.91. The number of benzene rings is 1. The molecule has 1 unspecified atom stereocenters. The summed E-state index contributed by atoms with van der Waals surface area (Å²) in [4.78, 5) is 22.1. The molecule has 1 spiro atoms. The van der Waals surface area contributed by atoms with Crippen molar-refractivity contribution in [3.05, 3.63) is 70.0 Å². The number of pyridine rings is 1. The number of aromatic nitrogens is 3. The topological polar surface area (TPSA) is 57.0 Å². The fourth-order valence-electron chi connectivity index (χ4n) is 4.27. The zero-order chi connectivity index (χ0) is 19.0. The molecule has 1 saturated heterocycles. The van der Waals surface area contributed by atoms with Gasteiger partial charge in [0.15, 0.2) is 0 Å². The van der Waals surface area contributed by atoms with Gasteiger partial charge in [0, 0.05) is 31.3 Å². The van der Waals surface area contributed by atoms with Gasteiger partial charge in [-0.1, -0.05) is 12.0 Å². The maximum atomic E-state index is 13.1. The second-order valence-electron chi connectivity index (χ2n) is 7.57. The number of fused-ring (bicyclic) bond motifs is 2. The zero-order valence-corrected chi connectivity index (χ0v) is 15.6. The summed E-state index contributed by atoms with van der Waals surface area (Å²) in [7, 11) is 0. The Kier molecular flexibility index (Phi) is 4.22. The highest BCUT2D eigenvalue weighted by molar-refractivity contribution is 5.79. The third-order valence-corrected chi connectivity index (χ3v) is 5.81. The molecule has 0 N–H and O–H groups in total. The zero-order valence-electron chi connectivity index (χ0n) is 15.6. The molecule has 28 heavy (non-hydrogen) atoms. The van der Waals surface area contributed by atoms with Crippen molar-refractivity contribution in [2.75, 3.05) is 6.61 Å². The Hall–Kier alpha value is -2.97. The summed E-state index contributed by atoms with van der Waals surface area (Å²) < 4.78 is 7.90. The quantitative estimate of drug-likeness (QED) is 0.570. The molecule has 0 radical (unpaired) electrons. The third-order valence-electron chi connectivity index (χ3n) is 5.81. The van der Waals surface area contributed by atoms with Gasteiger partial charge >= 0.3 is 0 Å². The number of hydrogen-bond donors (Lipinski definition) is 0. The summed E-state index contributed by atoms with van der Waals surface area (Å²) >= 11 is 0. The van der Waals surface area contributed by atoms with E-state index in [0.717, 1.165) is 55.8 Å². The predicted molar refractivity (Wildman–Crippen MR) is 107 cm³/mol.